The highest BCUT2D eigenvalue weighted by atomic mass is 19.4. The topological polar surface area (TPSA) is 55.6 Å². The maximum Gasteiger partial charge on any atom is 0.406 e. The number of aromatic nitrogens is 1. The first kappa shape index (κ1) is 13.9. The van der Waals surface area contributed by atoms with E-state index in [2.05, 4.69) is 9.68 Å². The Labute approximate surface area is 107 Å². The van der Waals surface area contributed by atoms with Gasteiger partial charge in [-0.15, -0.1) is 0 Å². The molecule has 0 aromatic carbocycles. The van der Waals surface area contributed by atoms with Crippen LogP contribution in [0.15, 0.2) is 16.8 Å². The molecule has 1 saturated heterocycles. The molecule has 0 atom stereocenters. The zero-order valence-electron chi connectivity index (χ0n) is 10.0. The summed E-state index contributed by atoms with van der Waals surface area (Å²) in [5.74, 6) is -0.975. The van der Waals surface area contributed by atoms with E-state index in [-0.39, 0.29) is 5.76 Å². The lowest BCUT2D eigenvalue weighted by atomic mass is 10.1. The first-order valence-corrected chi connectivity index (χ1v) is 5.83. The SMILES string of the molecule is O=C(c1ccno1)N(CC(F)(F)F)C1CCOCC1. The highest BCUT2D eigenvalue weighted by molar-refractivity contribution is 5.91. The second-order valence-electron chi connectivity index (χ2n) is 4.27. The molecule has 0 saturated carbocycles. The van der Waals surface area contributed by atoms with Crippen molar-refractivity contribution < 1.29 is 27.2 Å². The van der Waals surface area contributed by atoms with E-state index in [4.69, 9.17) is 4.74 Å². The summed E-state index contributed by atoms with van der Waals surface area (Å²) in [6, 6.07) is 0.762. The van der Waals surface area contributed by atoms with Crippen LogP contribution in [-0.2, 0) is 4.74 Å². The molecular formula is C11H13F3N2O3. The van der Waals surface area contributed by atoms with E-state index >= 15 is 0 Å². The molecule has 19 heavy (non-hydrogen) atoms. The van der Waals surface area contributed by atoms with Gasteiger partial charge in [-0.3, -0.25) is 4.79 Å². The number of nitrogens with zero attached hydrogens (tertiary/aromatic N) is 2. The molecule has 1 aromatic rings. The second kappa shape index (κ2) is 5.60. The minimum atomic E-state index is -4.45. The number of hydrogen-bond donors (Lipinski definition) is 0. The molecule has 1 aromatic heterocycles. The van der Waals surface area contributed by atoms with Gasteiger partial charge in [-0.05, 0) is 12.8 Å². The van der Waals surface area contributed by atoms with Crippen LogP contribution in [0.1, 0.15) is 23.4 Å². The zero-order valence-corrected chi connectivity index (χ0v) is 10.0. The minimum Gasteiger partial charge on any atom is -0.381 e. The van der Waals surface area contributed by atoms with Gasteiger partial charge in [-0.2, -0.15) is 13.2 Å². The van der Waals surface area contributed by atoms with Gasteiger partial charge >= 0.3 is 6.18 Å². The highest BCUT2D eigenvalue weighted by Crippen LogP contribution is 2.23. The molecule has 2 rings (SSSR count). The normalized spacial score (nSPS) is 17.4. The Morgan fingerprint density at radius 3 is 2.63 bits per heavy atom. The van der Waals surface area contributed by atoms with Gasteiger partial charge in [0.15, 0.2) is 0 Å². The van der Waals surface area contributed by atoms with Gasteiger partial charge in [0.2, 0.25) is 5.76 Å². The fourth-order valence-corrected chi connectivity index (χ4v) is 2.02. The second-order valence-corrected chi connectivity index (χ2v) is 4.27. The van der Waals surface area contributed by atoms with Crippen LogP contribution in [0.2, 0.25) is 0 Å². The number of carbonyl (C=O) groups excluding carboxylic acids is 1. The lowest BCUT2D eigenvalue weighted by Crippen LogP contribution is -2.47. The van der Waals surface area contributed by atoms with Crippen molar-refractivity contribution in [1.82, 2.24) is 10.1 Å². The number of hydrogen-bond acceptors (Lipinski definition) is 4. The fraction of sp³-hybridized carbons (Fsp3) is 0.636. The van der Waals surface area contributed by atoms with Crippen LogP contribution in [0, 0.1) is 0 Å². The van der Waals surface area contributed by atoms with Gasteiger partial charge in [0.05, 0.1) is 6.20 Å². The molecule has 106 valence electrons. The third-order valence-corrected chi connectivity index (χ3v) is 2.89. The van der Waals surface area contributed by atoms with Crippen molar-refractivity contribution in [2.45, 2.75) is 25.1 Å². The molecule has 0 unspecified atom stereocenters. The lowest BCUT2D eigenvalue weighted by Gasteiger charge is -2.34. The van der Waals surface area contributed by atoms with Crippen LogP contribution >= 0.6 is 0 Å². The Balaban J connectivity index is 2.15. The van der Waals surface area contributed by atoms with Gasteiger partial charge in [-0.1, -0.05) is 5.16 Å². The first-order valence-electron chi connectivity index (χ1n) is 5.83. The third-order valence-electron chi connectivity index (χ3n) is 2.89. The van der Waals surface area contributed by atoms with Crippen molar-refractivity contribution in [3.8, 4) is 0 Å². The Hall–Kier alpha value is -1.57. The molecule has 1 fully saturated rings. The molecule has 1 aliphatic rings. The predicted octanol–water partition coefficient (Wildman–Crippen LogP) is 1.86. The Bertz CT molecular complexity index is 413. The summed E-state index contributed by atoms with van der Waals surface area (Å²) >= 11 is 0. The van der Waals surface area contributed by atoms with E-state index in [1.165, 1.54) is 12.3 Å². The molecule has 0 N–H and O–H groups in total. The molecule has 1 amide bonds. The van der Waals surface area contributed by atoms with Gasteiger partial charge in [-0.25, -0.2) is 0 Å². The Kier molecular flexibility index (Phi) is 4.08. The van der Waals surface area contributed by atoms with E-state index in [9.17, 15) is 18.0 Å². The van der Waals surface area contributed by atoms with E-state index < -0.39 is 24.7 Å². The molecule has 0 aliphatic carbocycles. The molecular weight excluding hydrogens is 265 g/mol. The van der Waals surface area contributed by atoms with E-state index in [0.717, 1.165) is 4.90 Å². The van der Waals surface area contributed by atoms with Crippen LogP contribution in [0.3, 0.4) is 0 Å². The lowest BCUT2D eigenvalue weighted by molar-refractivity contribution is -0.147. The quantitative estimate of drug-likeness (QED) is 0.846. The molecule has 2 heterocycles. The van der Waals surface area contributed by atoms with E-state index in [0.29, 0.717) is 26.1 Å². The standard InChI is InChI=1S/C11H13F3N2O3/c12-11(13,14)7-16(8-2-5-18-6-3-8)10(17)9-1-4-15-19-9/h1,4,8H,2-3,5-7H2. The van der Waals surface area contributed by atoms with Gasteiger partial charge in [0, 0.05) is 25.3 Å². The molecule has 5 nitrogen and oxygen atoms in total. The monoisotopic (exact) mass is 278 g/mol. The van der Waals surface area contributed by atoms with Crippen molar-refractivity contribution in [3.63, 3.8) is 0 Å². The summed E-state index contributed by atoms with van der Waals surface area (Å²) in [5, 5.41) is 3.34. The van der Waals surface area contributed by atoms with E-state index in [1.54, 1.807) is 0 Å². The van der Waals surface area contributed by atoms with Gasteiger partial charge < -0.3 is 14.2 Å². The molecule has 8 heteroatoms. The summed E-state index contributed by atoms with van der Waals surface area (Å²) < 4.78 is 47.5. The summed E-state index contributed by atoms with van der Waals surface area (Å²) in [6.45, 7) is -0.595. The van der Waals surface area contributed by atoms with Crippen LogP contribution in [0.25, 0.3) is 0 Å². The first-order chi connectivity index (χ1) is 8.97. The smallest absolute Gasteiger partial charge is 0.381 e. The van der Waals surface area contributed by atoms with Crippen molar-refractivity contribution in [1.29, 1.82) is 0 Å². The summed E-state index contributed by atoms with van der Waals surface area (Å²) in [6.07, 6.45) is -2.46. The largest absolute Gasteiger partial charge is 0.406 e. The van der Waals surface area contributed by atoms with E-state index in [1.807, 2.05) is 0 Å². The van der Waals surface area contributed by atoms with Crippen LogP contribution < -0.4 is 0 Å². The average molecular weight is 278 g/mol. The number of alkyl halides is 3. The predicted molar refractivity (Wildman–Crippen MR) is 57.4 cm³/mol. The number of carbonyl (C=O) groups is 1. The van der Waals surface area contributed by atoms with Crippen molar-refractivity contribution in [2.24, 2.45) is 0 Å². The minimum absolute atomic E-state index is 0.184. The molecule has 0 radical (unpaired) electrons. The van der Waals surface area contributed by atoms with Crippen LogP contribution in [0.4, 0.5) is 13.2 Å². The molecule has 1 aliphatic heterocycles. The van der Waals surface area contributed by atoms with Crippen LogP contribution in [-0.4, -0.2) is 47.9 Å². The molecule has 0 spiro atoms. The summed E-state index contributed by atoms with van der Waals surface area (Å²) in [5.41, 5.74) is 0. The average Bonchev–Trinajstić information content (AvgIpc) is 2.89. The number of halogens is 3. The Morgan fingerprint density at radius 1 is 1.42 bits per heavy atom. The number of rotatable bonds is 3. The fourth-order valence-electron chi connectivity index (χ4n) is 2.02. The number of ether oxygens (including phenoxy) is 1. The van der Waals surface area contributed by atoms with Crippen molar-refractivity contribution in [3.05, 3.63) is 18.0 Å². The number of amides is 1. The van der Waals surface area contributed by atoms with Gasteiger partial charge in [0.25, 0.3) is 5.91 Å². The summed E-state index contributed by atoms with van der Waals surface area (Å²) in [7, 11) is 0. The zero-order chi connectivity index (χ0) is 13.9. The highest BCUT2D eigenvalue weighted by Gasteiger charge is 2.38. The van der Waals surface area contributed by atoms with Crippen molar-refractivity contribution in [2.75, 3.05) is 19.8 Å². The summed E-state index contributed by atoms with van der Waals surface area (Å²) in [4.78, 5) is 12.8. The van der Waals surface area contributed by atoms with Gasteiger partial charge in [0.1, 0.15) is 6.54 Å². The Morgan fingerprint density at radius 2 is 2.11 bits per heavy atom. The third kappa shape index (κ3) is 3.69. The van der Waals surface area contributed by atoms with Crippen molar-refractivity contribution >= 4 is 5.91 Å². The maximum atomic E-state index is 12.6. The maximum absolute atomic E-state index is 12.6. The van der Waals surface area contributed by atoms with Crippen LogP contribution in [0.5, 0.6) is 0 Å². The molecule has 0 bridgehead atoms.